The molecule has 0 aliphatic heterocycles. The highest BCUT2D eigenvalue weighted by Gasteiger charge is 2.12. The maximum Gasteiger partial charge on any atom is 0.279 e. The Labute approximate surface area is 147 Å². The van der Waals surface area contributed by atoms with Crippen LogP contribution in [0.4, 0.5) is 4.39 Å². The topological polar surface area (TPSA) is 34.4 Å². The Bertz CT molecular complexity index is 988. The van der Waals surface area contributed by atoms with Crippen LogP contribution in [0.3, 0.4) is 0 Å². The highest BCUT2D eigenvalue weighted by molar-refractivity contribution is 7.98. The van der Waals surface area contributed by atoms with E-state index in [1.165, 1.54) is 17.4 Å². The molecule has 1 heterocycles. The molecule has 0 saturated heterocycles. The van der Waals surface area contributed by atoms with Gasteiger partial charge in [-0.3, -0.25) is 4.79 Å². The molecule has 0 aliphatic rings. The molecule has 0 saturated carbocycles. The summed E-state index contributed by atoms with van der Waals surface area (Å²) in [5.74, 6) is -0.667. The smallest absolute Gasteiger partial charge is 0.279 e. The van der Waals surface area contributed by atoms with E-state index in [0.717, 1.165) is 9.60 Å². The van der Waals surface area contributed by atoms with Gasteiger partial charge in [-0.25, -0.2) is 4.39 Å². The van der Waals surface area contributed by atoms with Gasteiger partial charge in [0.05, 0.1) is 10.2 Å². The SMILES string of the molecule is C=CCn1c(=NC(=O)c2cccc(SC)c2)sc2cccc(F)c21. The van der Waals surface area contributed by atoms with Crippen LogP contribution in [0.5, 0.6) is 0 Å². The standard InChI is InChI=1S/C18H15FN2OS2/c1-3-10-21-16-14(19)8-5-9-15(16)24-18(21)20-17(22)12-6-4-7-13(11-12)23-2/h3-9,11H,1,10H2,2H3. The van der Waals surface area contributed by atoms with E-state index in [-0.39, 0.29) is 11.7 Å². The summed E-state index contributed by atoms with van der Waals surface area (Å²) >= 11 is 2.86. The highest BCUT2D eigenvalue weighted by Crippen LogP contribution is 2.21. The number of hydrogen-bond donors (Lipinski definition) is 0. The summed E-state index contributed by atoms with van der Waals surface area (Å²) in [6, 6.07) is 12.2. The molecule has 1 amide bonds. The molecule has 2 aromatic carbocycles. The number of carbonyl (C=O) groups is 1. The zero-order valence-corrected chi connectivity index (χ0v) is 14.7. The van der Waals surface area contributed by atoms with E-state index in [1.807, 2.05) is 30.5 Å². The number of benzene rings is 2. The molecule has 0 radical (unpaired) electrons. The molecule has 24 heavy (non-hydrogen) atoms. The number of thioether (sulfide) groups is 1. The zero-order valence-electron chi connectivity index (χ0n) is 13.0. The Morgan fingerprint density at radius 1 is 1.38 bits per heavy atom. The minimum atomic E-state index is -0.337. The third-order valence-corrected chi connectivity index (χ3v) is 5.25. The van der Waals surface area contributed by atoms with Crippen LogP contribution in [-0.4, -0.2) is 16.7 Å². The van der Waals surface area contributed by atoms with E-state index in [1.54, 1.807) is 34.5 Å². The summed E-state index contributed by atoms with van der Waals surface area (Å²) in [5, 5.41) is 0. The molecule has 0 atom stereocenters. The second-order valence-corrected chi connectivity index (χ2v) is 6.91. The number of nitrogens with zero attached hydrogens (tertiary/aromatic N) is 2. The summed E-state index contributed by atoms with van der Waals surface area (Å²) in [7, 11) is 0. The van der Waals surface area contributed by atoms with Crippen molar-refractivity contribution < 1.29 is 9.18 Å². The van der Waals surface area contributed by atoms with Gasteiger partial charge in [-0.2, -0.15) is 4.99 Å². The first-order valence-corrected chi connectivity index (χ1v) is 9.30. The number of aromatic nitrogens is 1. The molecular weight excluding hydrogens is 343 g/mol. The fourth-order valence-electron chi connectivity index (χ4n) is 2.38. The summed E-state index contributed by atoms with van der Waals surface area (Å²) in [5.41, 5.74) is 0.969. The van der Waals surface area contributed by atoms with Gasteiger partial charge >= 0.3 is 0 Å². The maximum atomic E-state index is 14.2. The van der Waals surface area contributed by atoms with E-state index in [4.69, 9.17) is 0 Å². The van der Waals surface area contributed by atoms with Crippen molar-refractivity contribution in [2.24, 2.45) is 4.99 Å². The number of halogens is 1. The Morgan fingerprint density at radius 2 is 2.17 bits per heavy atom. The lowest BCUT2D eigenvalue weighted by Crippen LogP contribution is -2.16. The average Bonchev–Trinajstić information content (AvgIpc) is 2.94. The number of para-hydroxylation sites is 1. The van der Waals surface area contributed by atoms with Crippen LogP contribution in [0.15, 0.2) is 65.0 Å². The van der Waals surface area contributed by atoms with E-state index in [2.05, 4.69) is 11.6 Å². The minimum Gasteiger partial charge on any atom is -0.310 e. The van der Waals surface area contributed by atoms with Crippen molar-refractivity contribution in [2.45, 2.75) is 11.4 Å². The van der Waals surface area contributed by atoms with Crippen LogP contribution in [0.25, 0.3) is 10.2 Å². The van der Waals surface area contributed by atoms with Crippen LogP contribution >= 0.6 is 23.1 Å². The molecule has 1 aromatic heterocycles. The van der Waals surface area contributed by atoms with Gasteiger partial charge in [0.2, 0.25) is 0 Å². The van der Waals surface area contributed by atoms with Gasteiger partial charge in [0.25, 0.3) is 5.91 Å². The van der Waals surface area contributed by atoms with Crippen molar-refractivity contribution in [3.05, 3.63) is 71.3 Å². The summed E-state index contributed by atoms with van der Waals surface area (Å²) < 4.78 is 16.6. The fourth-order valence-corrected chi connectivity index (χ4v) is 3.89. The lowest BCUT2D eigenvalue weighted by Gasteiger charge is -2.02. The molecule has 0 N–H and O–H groups in total. The number of carbonyl (C=O) groups excluding carboxylic acids is 1. The van der Waals surface area contributed by atoms with Gasteiger partial charge in [-0.1, -0.05) is 29.5 Å². The van der Waals surface area contributed by atoms with Crippen LogP contribution in [-0.2, 0) is 6.54 Å². The number of fused-ring (bicyclic) bond motifs is 1. The summed E-state index contributed by atoms with van der Waals surface area (Å²) in [4.78, 5) is 18.2. The maximum absolute atomic E-state index is 14.2. The van der Waals surface area contributed by atoms with Crippen molar-refractivity contribution in [3.63, 3.8) is 0 Å². The molecular formula is C18H15FN2OS2. The monoisotopic (exact) mass is 358 g/mol. The molecule has 0 unspecified atom stereocenters. The average molecular weight is 358 g/mol. The number of hydrogen-bond acceptors (Lipinski definition) is 3. The lowest BCUT2D eigenvalue weighted by atomic mass is 10.2. The van der Waals surface area contributed by atoms with Gasteiger partial charge in [-0.15, -0.1) is 18.3 Å². The van der Waals surface area contributed by atoms with Crippen molar-refractivity contribution in [2.75, 3.05) is 6.26 Å². The predicted molar refractivity (Wildman–Crippen MR) is 98.1 cm³/mol. The third-order valence-electron chi connectivity index (χ3n) is 3.48. The first kappa shape index (κ1) is 16.7. The van der Waals surface area contributed by atoms with Gasteiger partial charge in [0.1, 0.15) is 5.82 Å². The quantitative estimate of drug-likeness (QED) is 0.509. The first-order valence-electron chi connectivity index (χ1n) is 7.26. The Morgan fingerprint density at radius 3 is 2.92 bits per heavy atom. The molecule has 0 bridgehead atoms. The van der Waals surface area contributed by atoms with Gasteiger partial charge < -0.3 is 4.57 Å². The molecule has 0 fully saturated rings. The zero-order chi connectivity index (χ0) is 17.1. The third kappa shape index (κ3) is 3.20. The van der Waals surface area contributed by atoms with Crippen molar-refractivity contribution in [1.82, 2.24) is 4.57 Å². The van der Waals surface area contributed by atoms with Crippen molar-refractivity contribution in [3.8, 4) is 0 Å². The molecule has 0 aliphatic carbocycles. The normalized spacial score (nSPS) is 11.8. The van der Waals surface area contributed by atoms with Crippen LogP contribution < -0.4 is 4.80 Å². The summed E-state index contributed by atoms with van der Waals surface area (Å²) in [6.45, 7) is 4.09. The van der Waals surface area contributed by atoms with Gasteiger partial charge in [0, 0.05) is 17.0 Å². The molecule has 6 heteroatoms. The predicted octanol–water partition coefficient (Wildman–Crippen LogP) is 4.49. The molecule has 3 aromatic rings. The Hall–Kier alpha value is -2.18. The van der Waals surface area contributed by atoms with Gasteiger partial charge in [-0.05, 0) is 36.6 Å². The van der Waals surface area contributed by atoms with E-state index in [9.17, 15) is 9.18 Å². The van der Waals surface area contributed by atoms with Crippen molar-refractivity contribution >= 4 is 39.2 Å². The van der Waals surface area contributed by atoms with E-state index >= 15 is 0 Å². The lowest BCUT2D eigenvalue weighted by molar-refractivity contribution is 0.0997. The van der Waals surface area contributed by atoms with Crippen LogP contribution in [0.1, 0.15) is 10.4 Å². The molecule has 3 nitrogen and oxygen atoms in total. The fraction of sp³-hybridized carbons (Fsp3) is 0.111. The molecule has 0 spiro atoms. The number of allylic oxidation sites excluding steroid dienone is 1. The largest absolute Gasteiger partial charge is 0.310 e. The highest BCUT2D eigenvalue weighted by atomic mass is 32.2. The second kappa shape index (κ2) is 7.15. The molecule has 122 valence electrons. The first-order chi connectivity index (χ1) is 11.6. The van der Waals surface area contributed by atoms with Crippen LogP contribution in [0, 0.1) is 5.82 Å². The Balaban J connectivity index is 2.15. The van der Waals surface area contributed by atoms with Gasteiger partial charge in [0.15, 0.2) is 4.80 Å². The van der Waals surface area contributed by atoms with E-state index < -0.39 is 0 Å². The number of amides is 1. The summed E-state index contributed by atoms with van der Waals surface area (Å²) in [6.07, 6.45) is 3.62. The number of rotatable bonds is 4. The second-order valence-electron chi connectivity index (χ2n) is 5.02. The molecule has 3 rings (SSSR count). The van der Waals surface area contributed by atoms with Crippen LogP contribution in [0.2, 0.25) is 0 Å². The van der Waals surface area contributed by atoms with Crippen molar-refractivity contribution in [1.29, 1.82) is 0 Å². The van der Waals surface area contributed by atoms with E-state index in [0.29, 0.717) is 22.4 Å². The number of thiazole rings is 1. The Kier molecular flexibility index (Phi) is 4.97. The minimum absolute atomic E-state index is 0.330.